The minimum atomic E-state index is -0.190. The van der Waals surface area contributed by atoms with Gasteiger partial charge in [-0.25, -0.2) is 4.39 Å². The van der Waals surface area contributed by atoms with Crippen LogP contribution in [0.25, 0.3) is 0 Å². The van der Waals surface area contributed by atoms with E-state index in [0.29, 0.717) is 24.7 Å². The Kier molecular flexibility index (Phi) is 4.72. The number of benzene rings is 2. The normalized spacial score (nSPS) is 15.2. The predicted octanol–water partition coefficient (Wildman–Crippen LogP) is 2.32. The highest BCUT2D eigenvalue weighted by atomic mass is 19.1. The van der Waals surface area contributed by atoms with Gasteiger partial charge in [-0.3, -0.25) is 4.79 Å². The number of anilines is 1. The molecule has 0 heterocycles. The van der Waals surface area contributed by atoms with Crippen LogP contribution in [0.1, 0.15) is 24.0 Å². The number of halogens is 1. The zero-order valence-electron chi connectivity index (χ0n) is 13.3. The van der Waals surface area contributed by atoms with E-state index < -0.39 is 0 Å². The van der Waals surface area contributed by atoms with Gasteiger partial charge in [0.2, 0.25) is 0 Å². The first-order chi connectivity index (χ1) is 11.1. The summed E-state index contributed by atoms with van der Waals surface area (Å²) in [5.74, 6) is -0.211. The molecular weight excluding hydrogens is 291 g/mol. The largest absolute Gasteiger partial charge is 0.321 e. The van der Waals surface area contributed by atoms with Crippen LogP contribution in [0.5, 0.6) is 0 Å². The van der Waals surface area contributed by atoms with E-state index in [-0.39, 0.29) is 11.7 Å². The van der Waals surface area contributed by atoms with Crippen molar-refractivity contribution in [3.63, 3.8) is 0 Å². The summed E-state index contributed by atoms with van der Waals surface area (Å²) in [6, 6.07) is 15.0. The summed E-state index contributed by atoms with van der Waals surface area (Å²) in [4.78, 5) is 13.4. The molecule has 1 aliphatic carbocycles. The standard InChI is InChI=1S/C19H21FN2O/c1-14-6-8-16(9-7-14)21-19(23)13-22(17-10-11-17)12-15-4-2-3-5-18(15)20/h2-9,17H,10-13H2,1H3,(H,21,23)/p+1. The number of hydrogen-bond acceptors (Lipinski definition) is 1. The van der Waals surface area contributed by atoms with Gasteiger partial charge in [-0.15, -0.1) is 0 Å². The topological polar surface area (TPSA) is 33.5 Å². The first kappa shape index (κ1) is 15.7. The van der Waals surface area contributed by atoms with Gasteiger partial charge in [0.15, 0.2) is 6.54 Å². The summed E-state index contributed by atoms with van der Waals surface area (Å²) in [6.45, 7) is 2.94. The van der Waals surface area contributed by atoms with Gasteiger partial charge in [-0.05, 0) is 25.1 Å². The zero-order valence-corrected chi connectivity index (χ0v) is 13.3. The third-order valence-electron chi connectivity index (χ3n) is 4.25. The van der Waals surface area contributed by atoms with Gasteiger partial charge in [0.25, 0.3) is 5.91 Å². The molecule has 0 bridgehead atoms. The maximum atomic E-state index is 13.8. The summed E-state index contributed by atoms with van der Waals surface area (Å²) < 4.78 is 13.8. The average molecular weight is 313 g/mol. The van der Waals surface area contributed by atoms with Crippen LogP contribution in [0.15, 0.2) is 48.5 Å². The molecule has 2 aromatic carbocycles. The molecule has 3 nitrogen and oxygen atoms in total. The third kappa shape index (κ3) is 4.39. The first-order valence-corrected chi connectivity index (χ1v) is 8.06. The Labute approximate surface area is 136 Å². The molecule has 120 valence electrons. The van der Waals surface area contributed by atoms with Crippen molar-refractivity contribution in [2.24, 2.45) is 0 Å². The highest BCUT2D eigenvalue weighted by Gasteiger charge is 2.35. The van der Waals surface area contributed by atoms with E-state index in [0.717, 1.165) is 29.0 Å². The molecule has 0 saturated heterocycles. The Morgan fingerprint density at radius 3 is 2.52 bits per heavy atom. The number of hydrogen-bond donors (Lipinski definition) is 2. The minimum Gasteiger partial charge on any atom is -0.321 e. The van der Waals surface area contributed by atoms with E-state index in [2.05, 4.69) is 5.32 Å². The second-order valence-corrected chi connectivity index (χ2v) is 6.29. The number of aryl methyl sites for hydroxylation is 1. The van der Waals surface area contributed by atoms with Gasteiger partial charge >= 0.3 is 0 Å². The number of amides is 1. The summed E-state index contributed by atoms with van der Waals surface area (Å²) in [5.41, 5.74) is 2.65. The van der Waals surface area contributed by atoms with Crippen molar-refractivity contribution in [2.45, 2.75) is 32.4 Å². The number of rotatable bonds is 6. The van der Waals surface area contributed by atoms with Gasteiger partial charge in [0.1, 0.15) is 12.4 Å². The Balaban J connectivity index is 1.62. The fourth-order valence-electron chi connectivity index (χ4n) is 2.78. The van der Waals surface area contributed by atoms with E-state index in [1.807, 2.05) is 37.3 Å². The number of carbonyl (C=O) groups is 1. The lowest BCUT2D eigenvalue weighted by atomic mass is 10.2. The lowest BCUT2D eigenvalue weighted by molar-refractivity contribution is -0.917. The highest BCUT2D eigenvalue weighted by molar-refractivity contribution is 5.91. The lowest BCUT2D eigenvalue weighted by Crippen LogP contribution is -3.13. The summed E-state index contributed by atoms with van der Waals surface area (Å²) in [7, 11) is 0. The molecule has 3 rings (SSSR count). The van der Waals surface area contributed by atoms with Crippen LogP contribution in [-0.2, 0) is 11.3 Å². The summed E-state index contributed by atoms with van der Waals surface area (Å²) in [5, 5.41) is 2.93. The molecule has 1 saturated carbocycles. The minimum absolute atomic E-state index is 0.0212. The van der Waals surface area contributed by atoms with Crippen molar-refractivity contribution < 1.29 is 14.1 Å². The van der Waals surface area contributed by atoms with Gasteiger partial charge < -0.3 is 10.2 Å². The molecule has 23 heavy (non-hydrogen) atoms. The Hall–Kier alpha value is -2.20. The van der Waals surface area contributed by atoms with Gasteiger partial charge in [-0.1, -0.05) is 35.9 Å². The zero-order chi connectivity index (χ0) is 16.2. The molecule has 2 N–H and O–H groups in total. The molecule has 1 atom stereocenters. The Morgan fingerprint density at radius 1 is 1.17 bits per heavy atom. The van der Waals surface area contributed by atoms with Crippen LogP contribution in [0.3, 0.4) is 0 Å². The SMILES string of the molecule is Cc1ccc(NC(=O)C[NH+](Cc2ccccc2F)C2CC2)cc1. The van der Waals surface area contributed by atoms with Gasteiger partial charge in [-0.2, -0.15) is 0 Å². The quantitative estimate of drug-likeness (QED) is 0.843. The van der Waals surface area contributed by atoms with Crippen LogP contribution in [0.4, 0.5) is 10.1 Å². The van der Waals surface area contributed by atoms with E-state index in [1.54, 1.807) is 12.1 Å². The lowest BCUT2D eigenvalue weighted by Gasteiger charge is -2.19. The smallest absolute Gasteiger partial charge is 0.279 e. The summed E-state index contributed by atoms with van der Waals surface area (Å²) >= 11 is 0. The predicted molar refractivity (Wildman–Crippen MR) is 88.8 cm³/mol. The van der Waals surface area contributed by atoms with Gasteiger partial charge in [0.05, 0.1) is 6.04 Å². The monoisotopic (exact) mass is 313 g/mol. The first-order valence-electron chi connectivity index (χ1n) is 8.06. The molecule has 0 aromatic heterocycles. The number of carbonyl (C=O) groups excluding carboxylic acids is 1. The fourth-order valence-corrected chi connectivity index (χ4v) is 2.78. The second kappa shape index (κ2) is 6.92. The highest BCUT2D eigenvalue weighted by Crippen LogP contribution is 2.16. The molecule has 1 amide bonds. The number of quaternary nitrogens is 1. The molecular formula is C19H22FN2O+. The van der Waals surface area contributed by atoms with E-state index in [4.69, 9.17) is 0 Å². The summed E-state index contributed by atoms with van der Waals surface area (Å²) in [6.07, 6.45) is 2.23. The molecule has 4 heteroatoms. The maximum Gasteiger partial charge on any atom is 0.279 e. The van der Waals surface area contributed by atoms with Crippen LogP contribution < -0.4 is 10.2 Å². The molecule has 0 aliphatic heterocycles. The van der Waals surface area contributed by atoms with Crippen molar-refractivity contribution in [3.05, 3.63) is 65.5 Å². The second-order valence-electron chi connectivity index (χ2n) is 6.29. The van der Waals surface area contributed by atoms with Crippen molar-refractivity contribution >= 4 is 11.6 Å². The molecule has 0 radical (unpaired) electrons. The Morgan fingerprint density at radius 2 is 1.87 bits per heavy atom. The molecule has 1 aliphatic rings. The fraction of sp³-hybridized carbons (Fsp3) is 0.316. The van der Waals surface area contributed by atoms with Crippen molar-refractivity contribution in [1.29, 1.82) is 0 Å². The molecule has 1 unspecified atom stereocenters. The van der Waals surface area contributed by atoms with Crippen molar-refractivity contribution in [2.75, 3.05) is 11.9 Å². The van der Waals surface area contributed by atoms with Crippen LogP contribution >= 0.6 is 0 Å². The van der Waals surface area contributed by atoms with Crippen LogP contribution in [0, 0.1) is 12.7 Å². The van der Waals surface area contributed by atoms with E-state index in [1.165, 1.54) is 6.07 Å². The van der Waals surface area contributed by atoms with Crippen LogP contribution in [-0.4, -0.2) is 18.5 Å². The maximum absolute atomic E-state index is 13.8. The van der Waals surface area contributed by atoms with E-state index >= 15 is 0 Å². The van der Waals surface area contributed by atoms with Crippen molar-refractivity contribution in [1.82, 2.24) is 0 Å². The molecule has 1 fully saturated rings. The van der Waals surface area contributed by atoms with E-state index in [9.17, 15) is 9.18 Å². The molecule has 0 spiro atoms. The average Bonchev–Trinajstić information content (AvgIpc) is 3.36. The van der Waals surface area contributed by atoms with Crippen molar-refractivity contribution in [3.8, 4) is 0 Å². The Bertz CT molecular complexity index is 680. The molecule has 2 aromatic rings. The van der Waals surface area contributed by atoms with Crippen LogP contribution in [0.2, 0.25) is 0 Å². The number of nitrogens with one attached hydrogen (secondary N) is 2. The van der Waals surface area contributed by atoms with Gasteiger partial charge in [0, 0.05) is 24.1 Å². The third-order valence-corrected chi connectivity index (χ3v) is 4.25.